The molecule has 1 unspecified atom stereocenters. The lowest BCUT2D eigenvalue weighted by Crippen LogP contribution is -2.42. The van der Waals surface area contributed by atoms with E-state index in [1.165, 1.54) is 19.3 Å². The van der Waals surface area contributed by atoms with E-state index in [4.69, 9.17) is 5.26 Å². The van der Waals surface area contributed by atoms with E-state index in [2.05, 4.69) is 21.3 Å². The zero-order chi connectivity index (χ0) is 12.1. The Morgan fingerprint density at radius 2 is 2.41 bits per heavy atom. The normalized spacial score (nSPS) is 19.6. The molecule has 4 nitrogen and oxygen atoms in total. The second-order valence-electron chi connectivity index (χ2n) is 4.54. The second kappa shape index (κ2) is 5.65. The quantitative estimate of drug-likeness (QED) is 0.855. The van der Waals surface area contributed by atoms with Crippen molar-refractivity contribution in [1.29, 1.82) is 5.26 Å². The van der Waals surface area contributed by atoms with Crippen molar-refractivity contribution in [2.24, 2.45) is 0 Å². The number of anilines is 1. The van der Waals surface area contributed by atoms with Gasteiger partial charge in [-0.2, -0.15) is 5.26 Å². The van der Waals surface area contributed by atoms with Crippen molar-refractivity contribution in [3.05, 3.63) is 23.9 Å². The van der Waals surface area contributed by atoms with Gasteiger partial charge in [0.1, 0.15) is 11.9 Å². The number of hydrogen-bond acceptors (Lipinski definition) is 4. The maximum atomic E-state index is 8.71. The van der Waals surface area contributed by atoms with Crippen LogP contribution in [-0.4, -0.2) is 31.2 Å². The number of piperidine rings is 1. The average Bonchev–Trinajstić information content (AvgIpc) is 2.40. The monoisotopic (exact) mass is 230 g/mol. The first-order valence-corrected chi connectivity index (χ1v) is 6.10. The number of hydrogen-bond donors (Lipinski definition) is 1. The molecule has 0 aromatic carbocycles. The molecule has 0 radical (unpaired) electrons. The molecular formula is C13H18N4. The van der Waals surface area contributed by atoms with Crippen molar-refractivity contribution in [3.8, 4) is 6.07 Å². The first-order valence-electron chi connectivity index (χ1n) is 6.10. The number of nitrogens with one attached hydrogen (secondary N) is 1. The summed E-state index contributed by atoms with van der Waals surface area (Å²) in [6.45, 7) is 2.10. The van der Waals surface area contributed by atoms with Crippen LogP contribution in [0.2, 0.25) is 0 Å². The van der Waals surface area contributed by atoms with Crippen LogP contribution in [0.25, 0.3) is 0 Å². The SMILES string of the molecule is CN(CC1CCCCN1)c1ccc(C#N)cn1. The van der Waals surface area contributed by atoms with E-state index < -0.39 is 0 Å². The summed E-state index contributed by atoms with van der Waals surface area (Å²) in [5.74, 6) is 0.927. The van der Waals surface area contributed by atoms with Crippen LogP contribution in [0, 0.1) is 11.3 Å². The number of nitrogens with zero attached hydrogens (tertiary/aromatic N) is 3. The first kappa shape index (κ1) is 11.9. The standard InChI is InChI=1S/C13H18N4/c1-17(10-12-4-2-3-7-15-12)13-6-5-11(8-14)9-16-13/h5-6,9,12,15H,2-4,7,10H2,1H3. The van der Waals surface area contributed by atoms with Gasteiger partial charge in [-0.15, -0.1) is 0 Å². The van der Waals surface area contributed by atoms with Crippen LogP contribution in [0.4, 0.5) is 5.82 Å². The Bertz CT molecular complexity index is 387. The molecule has 0 bridgehead atoms. The Morgan fingerprint density at radius 3 is 3.00 bits per heavy atom. The number of pyridine rings is 1. The molecule has 0 aliphatic carbocycles. The van der Waals surface area contributed by atoms with Gasteiger partial charge >= 0.3 is 0 Å². The molecule has 1 N–H and O–H groups in total. The first-order chi connectivity index (χ1) is 8.29. The lowest BCUT2D eigenvalue weighted by molar-refractivity contribution is 0.403. The predicted molar refractivity (Wildman–Crippen MR) is 67.9 cm³/mol. The van der Waals surface area contributed by atoms with E-state index in [1.54, 1.807) is 6.20 Å². The minimum Gasteiger partial charge on any atom is -0.358 e. The number of rotatable bonds is 3. The highest BCUT2D eigenvalue weighted by atomic mass is 15.2. The van der Waals surface area contributed by atoms with E-state index in [0.29, 0.717) is 11.6 Å². The summed E-state index contributed by atoms with van der Waals surface area (Å²) in [6.07, 6.45) is 5.46. The van der Waals surface area contributed by atoms with Gasteiger partial charge in [-0.3, -0.25) is 0 Å². The van der Waals surface area contributed by atoms with Gasteiger partial charge in [0, 0.05) is 25.8 Å². The fourth-order valence-electron chi connectivity index (χ4n) is 2.18. The van der Waals surface area contributed by atoms with E-state index in [9.17, 15) is 0 Å². The summed E-state index contributed by atoms with van der Waals surface area (Å²) in [5, 5.41) is 12.2. The minimum absolute atomic E-state index is 0.561. The van der Waals surface area contributed by atoms with Crippen molar-refractivity contribution < 1.29 is 0 Å². The van der Waals surface area contributed by atoms with Crippen molar-refractivity contribution >= 4 is 5.82 Å². The van der Waals surface area contributed by atoms with Crippen LogP contribution in [0.3, 0.4) is 0 Å². The van der Waals surface area contributed by atoms with Crippen molar-refractivity contribution in [3.63, 3.8) is 0 Å². The van der Waals surface area contributed by atoms with Crippen LogP contribution in [0.15, 0.2) is 18.3 Å². The molecule has 1 aliphatic rings. The summed E-state index contributed by atoms with van der Waals surface area (Å²) in [4.78, 5) is 6.43. The highest BCUT2D eigenvalue weighted by Gasteiger charge is 2.15. The van der Waals surface area contributed by atoms with Crippen molar-refractivity contribution in [1.82, 2.24) is 10.3 Å². The summed E-state index contributed by atoms with van der Waals surface area (Å²) >= 11 is 0. The lowest BCUT2D eigenvalue weighted by Gasteiger charge is -2.28. The van der Waals surface area contributed by atoms with Crippen LogP contribution in [-0.2, 0) is 0 Å². The van der Waals surface area contributed by atoms with Crippen LogP contribution in [0.1, 0.15) is 24.8 Å². The molecule has 0 amide bonds. The third-order valence-corrected chi connectivity index (χ3v) is 3.17. The van der Waals surface area contributed by atoms with E-state index in [0.717, 1.165) is 18.9 Å². The van der Waals surface area contributed by atoms with Crippen LogP contribution >= 0.6 is 0 Å². The highest BCUT2D eigenvalue weighted by Crippen LogP contribution is 2.13. The molecule has 1 atom stereocenters. The fourth-order valence-corrected chi connectivity index (χ4v) is 2.18. The van der Waals surface area contributed by atoms with Crippen LogP contribution < -0.4 is 10.2 Å². The average molecular weight is 230 g/mol. The van der Waals surface area contributed by atoms with Gasteiger partial charge in [-0.1, -0.05) is 6.42 Å². The minimum atomic E-state index is 0.561. The van der Waals surface area contributed by atoms with E-state index >= 15 is 0 Å². The Labute approximate surface area is 102 Å². The third-order valence-electron chi connectivity index (χ3n) is 3.17. The molecule has 90 valence electrons. The molecule has 2 heterocycles. The Morgan fingerprint density at radius 1 is 1.53 bits per heavy atom. The molecule has 0 spiro atoms. The molecule has 4 heteroatoms. The summed E-state index contributed by atoms with van der Waals surface area (Å²) < 4.78 is 0. The lowest BCUT2D eigenvalue weighted by atomic mass is 10.0. The maximum absolute atomic E-state index is 8.71. The van der Waals surface area contributed by atoms with Gasteiger partial charge in [0.25, 0.3) is 0 Å². The Balaban J connectivity index is 1.94. The molecular weight excluding hydrogens is 212 g/mol. The van der Waals surface area contributed by atoms with Crippen LogP contribution in [0.5, 0.6) is 0 Å². The fraction of sp³-hybridized carbons (Fsp3) is 0.538. The van der Waals surface area contributed by atoms with Gasteiger partial charge in [0.15, 0.2) is 0 Å². The molecule has 1 fully saturated rings. The molecule has 1 aromatic rings. The summed E-state index contributed by atoms with van der Waals surface area (Å²) in [6, 6.07) is 6.36. The predicted octanol–water partition coefficient (Wildman–Crippen LogP) is 1.53. The highest BCUT2D eigenvalue weighted by molar-refractivity contribution is 5.41. The number of likely N-dealkylation sites (N-methyl/N-ethyl adjacent to an activating group) is 1. The molecule has 17 heavy (non-hydrogen) atoms. The van der Waals surface area contributed by atoms with Gasteiger partial charge < -0.3 is 10.2 Å². The smallest absolute Gasteiger partial charge is 0.128 e. The van der Waals surface area contributed by atoms with Crippen molar-refractivity contribution in [2.45, 2.75) is 25.3 Å². The number of aromatic nitrogens is 1. The maximum Gasteiger partial charge on any atom is 0.128 e. The second-order valence-corrected chi connectivity index (χ2v) is 4.54. The zero-order valence-electron chi connectivity index (χ0n) is 10.2. The zero-order valence-corrected chi connectivity index (χ0v) is 10.2. The molecule has 1 aliphatic heterocycles. The molecule has 0 saturated carbocycles. The van der Waals surface area contributed by atoms with Crippen molar-refractivity contribution in [2.75, 3.05) is 25.0 Å². The third kappa shape index (κ3) is 3.18. The Kier molecular flexibility index (Phi) is 3.94. The van der Waals surface area contributed by atoms with E-state index in [-0.39, 0.29) is 0 Å². The van der Waals surface area contributed by atoms with Gasteiger partial charge in [-0.25, -0.2) is 4.98 Å². The molecule has 1 saturated heterocycles. The topological polar surface area (TPSA) is 52.0 Å². The number of nitriles is 1. The summed E-state index contributed by atoms with van der Waals surface area (Å²) in [7, 11) is 2.05. The largest absolute Gasteiger partial charge is 0.358 e. The summed E-state index contributed by atoms with van der Waals surface area (Å²) in [5.41, 5.74) is 0.609. The molecule has 1 aromatic heterocycles. The van der Waals surface area contributed by atoms with E-state index in [1.807, 2.05) is 19.2 Å². The molecule has 2 rings (SSSR count). The van der Waals surface area contributed by atoms with Gasteiger partial charge in [0.2, 0.25) is 0 Å². The van der Waals surface area contributed by atoms with Gasteiger partial charge in [-0.05, 0) is 31.5 Å². The van der Waals surface area contributed by atoms with Gasteiger partial charge in [0.05, 0.1) is 5.56 Å². The Hall–Kier alpha value is -1.60.